The Bertz CT molecular complexity index is 863. The number of pyridine rings is 1. The van der Waals surface area contributed by atoms with Crippen LogP contribution in [-0.2, 0) is 6.54 Å². The van der Waals surface area contributed by atoms with Crippen molar-refractivity contribution in [2.45, 2.75) is 13.5 Å². The molecule has 0 saturated carbocycles. The molecule has 1 aliphatic heterocycles. The van der Waals surface area contributed by atoms with Crippen molar-refractivity contribution in [2.75, 3.05) is 23.5 Å². The number of hydrogen-bond acceptors (Lipinski definition) is 5. The molecule has 4 rings (SSSR count). The number of anilines is 2. The molecule has 2 aromatic heterocycles. The van der Waals surface area contributed by atoms with Crippen LogP contribution in [0.4, 0.5) is 11.5 Å². The van der Waals surface area contributed by atoms with Crippen LogP contribution in [0, 0.1) is 6.92 Å². The van der Waals surface area contributed by atoms with E-state index < -0.39 is 0 Å². The van der Waals surface area contributed by atoms with Gasteiger partial charge in [0.05, 0.1) is 24.6 Å². The van der Waals surface area contributed by atoms with Gasteiger partial charge in [-0.05, 0) is 30.7 Å². The van der Waals surface area contributed by atoms with E-state index in [1.54, 1.807) is 6.20 Å². The van der Waals surface area contributed by atoms with Crippen LogP contribution in [0.5, 0.6) is 0 Å². The number of aromatic nitrogens is 3. The molecule has 0 bridgehead atoms. The third-order valence-electron chi connectivity index (χ3n) is 4.26. The number of benzene rings is 1. The summed E-state index contributed by atoms with van der Waals surface area (Å²) in [5.74, 6) is 1.01. The predicted octanol–water partition coefficient (Wildman–Crippen LogP) is 3.26. The summed E-state index contributed by atoms with van der Waals surface area (Å²) >= 11 is 0. The Balaban J connectivity index is 1.70. The number of nitrogens with zero attached hydrogens (tertiary/aromatic N) is 5. The van der Waals surface area contributed by atoms with E-state index in [1.165, 1.54) is 11.1 Å². The van der Waals surface area contributed by atoms with Crippen LogP contribution >= 0.6 is 0 Å². The van der Waals surface area contributed by atoms with Gasteiger partial charge in [-0.2, -0.15) is 10.2 Å². The van der Waals surface area contributed by atoms with E-state index in [0.717, 1.165) is 36.0 Å². The lowest BCUT2D eigenvalue weighted by atomic mass is 10.0. The van der Waals surface area contributed by atoms with E-state index >= 15 is 0 Å². The maximum atomic E-state index is 4.69. The van der Waals surface area contributed by atoms with Crippen molar-refractivity contribution in [3.05, 3.63) is 66.1 Å². The summed E-state index contributed by atoms with van der Waals surface area (Å²) in [4.78, 5) is 9.13. The Kier molecular flexibility index (Phi) is 3.61. The maximum Gasteiger partial charge on any atom is 0.153 e. The zero-order valence-corrected chi connectivity index (χ0v) is 13.8. The minimum Gasteiger partial charge on any atom is -0.345 e. The summed E-state index contributed by atoms with van der Waals surface area (Å²) in [7, 11) is 2.06. The zero-order chi connectivity index (χ0) is 16.5. The Morgan fingerprint density at radius 1 is 1.08 bits per heavy atom. The Labute approximate surface area is 141 Å². The van der Waals surface area contributed by atoms with Crippen LogP contribution in [0.2, 0.25) is 0 Å². The van der Waals surface area contributed by atoms with Gasteiger partial charge in [0.15, 0.2) is 5.82 Å². The lowest BCUT2D eigenvalue weighted by Crippen LogP contribution is -2.28. The van der Waals surface area contributed by atoms with Crippen molar-refractivity contribution in [3.8, 4) is 11.1 Å². The molecular weight excluding hydrogens is 298 g/mol. The van der Waals surface area contributed by atoms with Gasteiger partial charge in [0, 0.05) is 25.0 Å². The van der Waals surface area contributed by atoms with Gasteiger partial charge in [-0.1, -0.05) is 29.8 Å². The van der Waals surface area contributed by atoms with E-state index in [-0.39, 0.29) is 0 Å². The highest BCUT2D eigenvalue weighted by atomic mass is 15.4. The molecule has 1 aromatic carbocycles. The molecule has 0 fully saturated rings. The topological polar surface area (TPSA) is 45.2 Å². The molecule has 0 aliphatic carbocycles. The number of aryl methyl sites for hydroxylation is 1. The van der Waals surface area contributed by atoms with E-state index in [1.807, 2.05) is 18.3 Å². The third kappa shape index (κ3) is 2.69. The lowest BCUT2D eigenvalue weighted by Gasteiger charge is -2.18. The van der Waals surface area contributed by atoms with Crippen LogP contribution in [0.1, 0.15) is 11.3 Å². The second-order valence-corrected chi connectivity index (χ2v) is 6.19. The van der Waals surface area contributed by atoms with Crippen LogP contribution in [0.15, 0.2) is 54.9 Å². The average Bonchev–Trinajstić information content (AvgIpc) is 2.91. The van der Waals surface area contributed by atoms with Gasteiger partial charge in [0.25, 0.3) is 0 Å². The SMILES string of the molecule is Cc1cccc(-c2cnc3c(c2)N(Cc2cccnn2)CN3C)c1. The predicted molar refractivity (Wildman–Crippen MR) is 95.9 cm³/mol. The van der Waals surface area contributed by atoms with E-state index in [0.29, 0.717) is 0 Å². The summed E-state index contributed by atoms with van der Waals surface area (Å²) in [5, 5.41) is 8.17. The Morgan fingerprint density at radius 3 is 2.79 bits per heavy atom. The average molecular weight is 317 g/mol. The van der Waals surface area contributed by atoms with Crippen LogP contribution in [0.3, 0.4) is 0 Å². The molecule has 120 valence electrons. The van der Waals surface area contributed by atoms with E-state index in [4.69, 9.17) is 0 Å². The summed E-state index contributed by atoms with van der Waals surface area (Å²) in [6, 6.07) is 14.7. The fraction of sp³-hybridized carbons (Fsp3) is 0.211. The number of fused-ring (bicyclic) bond motifs is 1. The molecule has 0 amide bonds. The van der Waals surface area contributed by atoms with Crippen LogP contribution in [-0.4, -0.2) is 28.9 Å². The highest BCUT2D eigenvalue weighted by Crippen LogP contribution is 2.36. The number of hydrogen-bond donors (Lipinski definition) is 0. The fourth-order valence-corrected chi connectivity index (χ4v) is 3.10. The molecule has 5 nitrogen and oxygen atoms in total. The van der Waals surface area contributed by atoms with Gasteiger partial charge in [-0.3, -0.25) is 0 Å². The summed E-state index contributed by atoms with van der Waals surface area (Å²) in [6.07, 6.45) is 3.65. The van der Waals surface area contributed by atoms with Gasteiger partial charge in [-0.15, -0.1) is 0 Å². The standard InChI is InChI=1S/C19H19N5/c1-14-5-3-6-15(9-14)16-10-18-19(20-11-16)23(2)13-24(18)12-17-7-4-8-21-22-17/h3-11H,12-13H2,1-2H3. The van der Waals surface area contributed by atoms with E-state index in [2.05, 4.69) is 69.3 Å². The number of rotatable bonds is 3. The zero-order valence-electron chi connectivity index (χ0n) is 13.8. The normalized spacial score (nSPS) is 13.2. The molecule has 24 heavy (non-hydrogen) atoms. The molecular formula is C19H19N5. The van der Waals surface area contributed by atoms with Crippen LogP contribution in [0.25, 0.3) is 11.1 Å². The first-order valence-electron chi connectivity index (χ1n) is 8.00. The van der Waals surface area contributed by atoms with Gasteiger partial charge in [0.1, 0.15) is 0 Å². The molecule has 0 N–H and O–H groups in total. The third-order valence-corrected chi connectivity index (χ3v) is 4.26. The lowest BCUT2D eigenvalue weighted by molar-refractivity contribution is 0.779. The first-order chi connectivity index (χ1) is 11.7. The maximum absolute atomic E-state index is 4.69. The summed E-state index contributed by atoms with van der Waals surface area (Å²) in [5.41, 5.74) is 5.68. The molecule has 0 radical (unpaired) electrons. The largest absolute Gasteiger partial charge is 0.345 e. The Morgan fingerprint density at radius 2 is 2.00 bits per heavy atom. The van der Waals surface area contributed by atoms with Crippen molar-refractivity contribution in [2.24, 2.45) is 0 Å². The summed E-state index contributed by atoms with van der Waals surface area (Å²) in [6.45, 7) is 3.64. The molecule has 3 aromatic rings. The van der Waals surface area contributed by atoms with Crippen molar-refractivity contribution >= 4 is 11.5 Å². The van der Waals surface area contributed by atoms with Crippen molar-refractivity contribution in [1.29, 1.82) is 0 Å². The van der Waals surface area contributed by atoms with Crippen molar-refractivity contribution in [1.82, 2.24) is 15.2 Å². The smallest absolute Gasteiger partial charge is 0.153 e. The second-order valence-electron chi connectivity index (χ2n) is 6.19. The van der Waals surface area contributed by atoms with Gasteiger partial charge in [-0.25, -0.2) is 4.98 Å². The molecule has 0 unspecified atom stereocenters. The molecule has 5 heteroatoms. The highest BCUT2D eigenvalue weighted by molar-refractivity contribution is 5.78. The first kappa shape index (κ1) is 14.6. The van der Waals surface area contributed by atoms with Gasteiger partial charge >= 0.3 is 0 Å². The summed E-state index contributed by atoms with van der Waals surface area (Å²) < 4.78 is 0. The minimum absolute atomic E-state index is 0.726. The van der Waals surface area contributed by atoms with Gasteiger partial charge in [0.2, 0.25) is 0 Å². The molecule has 1 aliphatic rings. The van der Waals surface area contributed by atoms with Gasteiger partial charge < -0.3 is 9.80 Å². The molecule has 3 heterocycles. The fourth-order valence-electron chi connectivity index (χ4n) is 3.10. The van der Waals surface area contributed by atoms with Crippen molar-refractivity contribution in [3.63, 3.8) is 0 Å². The highest BCUT2D eigenvalue weighted by Gasteiger charge is 2.25. The Hall–Kier alpha value is -2.95. The van der Waals surface area contributed by atoms with Crippen molar-refractivity contribution < 1.29 is 0 Å². The first-order valence-corrected chi connectivity index (χ1v) is 8.00. The molecule has 0 saturated heterocycles. The monoisotopic (exact) mass is 317 g/mol. The second kappa shape index (κ2) is 5.92. The van der Waals surface area contributed by atoms with E-state index in [9.17, 15) is 0 Å². The molecule has 0 spiro atoms. The minimum atomic E-state index is 0.726. The molecule has 0 atom stereocenters. The quantitative estimate of drug-likeness (QED) is 0.742. The van der Waals surface area contributed by atoms with Crippen LogP contribution < -0.4 is 9.80 Å².